The van der Waals surface area contributed by atoms with Crippen LogP contribution in [0, 0.1) is 0 Å². The van der Waals surface area contributed by atoms with Crippen molar-refractivity contribution < 1.29 is 9.59 Å². The summed E-state index contributed by atoms with van der Waals surface area (Å²) < 4.78 is 0. The summed E-state index contributed by atoms with van der Waals surface area (Å²) in [4.78, 5) is 24.5. The zero-order chi connectivity index (χ0) is 9.42. The molecular weight excluding hydrogens is 168 g/mol. The number of nitrogens with one attached hydrogen (secondary N) is 1. The molecule has 0 radical (unpaired) electrons. The molecule has 1 N–H and O–H groups in total. The van der Waals surface area contributed by atoms with E-state index in [4.69, 9.17) is 0 Å². The fourth-order valence-electron chi connectivity index (χ4n) is 2.06. The number of piperazine rings is 1. The summed E-state index contributed by atoms with van der Waals surface area (Å²) in [5.41, 5.74) is 0. The molecule has 0 spiro atoms. The van der Waals surface area contributed by atoms with E-state index in [9.17, 15) is 9.59 Å². The van der Waals surface area contributed by atoms with Gasteiger partial charge in [-0.2, -0.15) is 0 Å². The monoisotopic (exact) mass is 180 g/mol. The van der Waals surface area contributed by atoms with Crippen molar-refractivity contribution in [2.75, 3.05) is 6.54 Å². The number of rotatable bonds is 1. The van der Waals surface area contributed by atoms with Crippen LogP contribution < -0.4 is 5.32 Å². The number of fused-ring (bicyclic) bond motifs is 1. The van der Waals surface area contributed by atoms with Crippen molar-refractivity contribution in [3.8, 4) is 0 Å². The SMILES string of the molecule is C=C[C@@H]1CC[C@H]2C(=O)NCC(=O)N12. The van der Waals surface area contributed by atoms with Gasteiger partial charge >= 0.3 is 0 Å². The molecule has 0 unspecified atom stereocenters. The minimum atomic E-state index is -0.246. The third-order valence-corrected chi connectivity index (χ3v) is 2.71. The molecule has 2 amide bonds. The lowest BCUT2D eigenvalue weighted by atomic mass is 10.2. The average molecular weight is 180 g/mol. The van der Waals surface area contributed by atoms with Crippen LogP contribution >= 0.6 is 0 Å². The van der Waals surface area contributed by atoms with E-state index in [1.165, 1.54) is 0 Å². The molecule has 0 aliphatic carbocycles. The van der Waals surface area contributed by atoms with Crippen LogP contribution in [-0.4, -0.2) is 35.3 Å². The van der Waals surface area contributed by atoms with Gasteiger partial charge in [0.2, 0.25) is 11.8 Å². The molecule has 2 atom stereocenters. The van der Waals surface area contributed by atoms with Gasteiger partial charge in [-0.3, -0.25) is 9.59 Å². The Balaban J connectivity index is 2.25. The number of hydrogen-bond donors (Lipinski definition) is 1. The lowest BCUT2D eigenvalue weighted by Gasteiger charge is -2.32. The van der Waals surface area contributed by atoms with Crippen LogP contribution in [0.15, 0.2) is 12.7 Å². The van der Waals surface area contributed by atoms with Crippen LogP contribution in [0.1, 0.15) is 12.8 Å². The van der Waals surface area contributed by atoms with E-state index in [-0.39, 0.29) is 30.4 Å². The Morgan fingerprint density at radius 1 is 1.46 bits per heavy atom. The molecule has 4 heteroatoms. The highest BCUT2D eigenvalue weighted by molar-refractivity contribution is 5.95. The van der Waals surface area contributed by atoms with Crippen LogP contribution in [0.25, 0.3) is 0 Å². The first-order valence-electron chi connectivity index (χ1n) is 4.45. The van der Waals surface area contributed by atoms with Gasteiger partial charge in [-0.05, 0) is 12.8 Å². The maximum atomic E-state index is 11.5. The summed E-state index contributed by atoms with van der Waals surface area (Å²) in [6, 6.07) is -0.187. The van der Waals surface area contributed by atoms with Crippen LogP contribution in [0.2, 0.25) is 0 Å². The maximum absolute atomic E-state index is 11.5. The molecule has 13 heavy (non-hydrogen) atoms. The van der Waals surface area contributed by atoms with E-state index in [1.54, 1.807) is 11.0 Å². The van der Waals surface area contributed by atoms with E-state index in [0.717, 1.165) is 12.8 Å². The smallest absolute Gasteiger partial charge is 0.243 e. The number of hydrogen-bond acceptors (Lipinski definition) is 2. The number of carbonyl (C=O) groups excluding carboxylic acids is 2. The number of nitrogens with zero attached hydrogens (tertiary/aromatic N) is 1. The Bertz CT molecular complexity index is 275. The van der Waals surface area contributed by atoms with Crippen molar-refractivity contribution in [2.24, 2.45) is 0 Å². The second-order valence-corrected chi connectivity index (χ2v) is 3.42. The summed E-state index contributed by atoms with van der Waals surface area (Å²) in [7, 11) is 0. The van der Waals surface area contributed by atoms with E-state index in [2.05, 4.69) is 11.9 Å². The molecule has 2 aliphatic rings. The Kier molecular flexibility index (Phi) is 1.83. The second kappa shape index (κ2) is 2.87. The summed E-state index contributed by atoms with van der Waals surface area (Å²) >= 11 is 0. The van der Waals surface area contributed by atoms with Crippen molar-refractivity contribution in [3.63, 3.8) is 0 Å². The zero-order valence-corrected chi connectivity index (χ0v) is 7.32. The number of carbonyl (C=O) groups is 2. The molecule has 2 saturated heterocycles. The van der Waals surface area contributed by atoms with E-state index < -0.39 is 0 Å². The molecular formula is C9H12N2O2. The first-order chi connectivity index (χ1) is 6.24. The standard InChI is InChI=1S/C9H12N2O2/c1-2-6-3-4-7-9(13)10-5-8(12)11(6)7/h2,6-7H,1,3-5H2,(H,10,13)/t6-,7+/m1/s1. The van der Waals surface area contributed by atoms with Crippen LogP contribution in [0.4, 0.5) is 0 Å². The Hall–Kier alpha value is -1.32. The summed E-state index contributed by atoms with van der Waals surface area (Å²) in [5.74, 6) is -0.0176. The topological polar surface area (TPSA) is 49.4 Å². The molecule has 0 aromatic rings. The summed E-state index contributed by atoms with van der Waals surface area (Å²) in [5, 5.41) is 2.58. The molecule has 2 rings (SSSR count). The fraction of sp³-hybridized carbons (Fsp3) is 0.556. The highest BCUT2D eigenvalue weighted by Gasteiger charge is 2.42. The lowest BCUT2D eigenvalue weighted by Crippen LogP contribution is -2.57. The predicted molar refractivity (Wildman–Crippen MR) is 46.9 cm³/mol. The van der Waals surface area contributed by atoms with E-state index in [1.807, 2.05) is 0 Å². The van der Waals surface area contributed by atoms with Crippen molar-refractivity contribution in [1.29, 1.82) is 0 Å². The summed E-state index contributed by atoms with van der Waals surface area (Å²) in [6.45, 7) is 3.81. The van der Waals surface area contributed by atoms with E-state index in [0.29, 0.717) is 0 Å². The minimum absolute atomic E-state index is 0.00648. The molecule has 0 saturated carbocycles. The third-order valence-electron chi connectivity index (χ3n) is 2.71. The van der Waals surface area contributed by atoms with Gasteiger partial charge in [0.1, 0.15) is 6.04 Å². The fourth-order valence-corrected chi connectivity index (χ4v) is 2.06. The molecule has 70 valence electrons. The van der Waals surface area contributed by atoms with Gasteiger partial charge in [-0.1, -0.05) is 6.08 Å². The molecule has 2 heterocycles. The van der Waals surface area contributed by atoms with Gasteiger partial charge in [0.05, 0.1) is 12.6 Å². The Morgan fingerprint density at radius 3 is 2.92 bits per heavy atom. The van der Waals surface area contributed by atoms with E-state index >= 15 is 0 Å². The highest BCUT2D eigenvalue weighted by atomic mass is 16.2. The van der Waals surface area contributed by atoms with Gasteiger partial charge in [-0.15, -0.1) is 6.58 Å². The van der Waals surface area contributed by atoms with Gasteiger partial charge in [0.15, 0.2) is 0 Å². The van der Waals surface area contributed by atoms with Crippen LogP contribution in [-0.2, 0) is 9.59 Å². The minimum Gasteiger partial charge on any atom is -0.345 e. The second-order valence-electron chi connectivity index (χ2n) is 3.42. The molecule has 4 nitrogen and oxygen atoms in total. The van der Waals surface area contributed by atoms with Gasteiger partial charge < -0.3 is 10.2 Å². The third kappa shape index (κ3) is 1.13. The largest absolute Gasteiger partial charge is 0.345 e. The lowest BCUT2D eigenvalue weighted by molar-refractivity contribution is -0.144. The van der Waals surface area contributed by atoms with Gasteiger partial charge in [-0.25, -0.2) is 0 Å². The quantitative estimate of drug-likeness (QED) is 0.561. The summed E-state index contributed by atoms with van der Waals surface area (Å²) in [6.07, 6.45) is 3.36. The van der Waals surface area contributed by atoms with Crippen molar-refractivity contribution in [1.82, 2.24) is 10.2 Å². The zero-order valence-electron chi connectivity index (χ0n) is 7.32. The highest BCUT2D eigenvalue weighted by Crippen LogP contribution is 2.26. The normalized spacial score (nSPS) is 32.8. The first-order valence-corrected chi connectivity index (χ1v) is 4.45. The maximum Gasteiger partial charge on any atom is 0.243 e. The number of amides is 2. The molecule has 0 aromatic heterocycles. The van der Waals surface area contributed by atoms with Crippen LogP contribution in [0.5, 0.6) is 0 Å². The molecule has 0 bridgehead atoms. The molecule has 2 fully saturated rings. The van der Waals surface area contributed by atoms with Crippen molar-refractivity contribution in [2.45, 2.75) is 24.9 Å². The Morgan fingerprint density at radius 2 is 2.23 bits per heavy atom. The predicted octanol–water partition coefficient (Wildman–Crippen LogP) is -0.338. The van der Waals surface area contributed by atoms with Crippen molar-refractivity contribution in [3.05, 3.63) is 12.7 Å². The molecule has 0 aromatic carbocycles. The van der Waals surface area contributed by atoms with Gasteiger partial charge in [0, 0.05) is 0 Å². The van der Waals surface area contributed by atoms with Crippen molar-refractivity contribution >= 4 is 11.8 Å². The first kappa shape index (κ1) is 8.29. The van der Waals surface area contributed by atoms with Gasteiger partial charge in [0.25, 0.3) is 0 Å². The molecule has 2 aliphatic heterocycles. The average Bonchev–Trinajstić information content (AvgIpc) is 2.56. The van der Waals surface area contributed by atoms with Crippen LogP contribution in [0.3, 0.4) is 0 Å². The Labute approximate surface area is 76.6 Å².